The summed E-state index contributed by atoms with van der Waals surface area (Å²) in [5, 5.41) is 2.42. The van der Waals surface area contributed by atoms with Crippen molar-refractivity contribution in [2.24, 2.45) is 0 Å². The van der Waals surface area contributed by atoms with E-state index in [-0.39, 0.29) is 42.1 Å². The fraction of sp³-hybridized carbons (Fsp3) is 0.562. The molecule has 0 saturated heterocycles. The van der Waals surface area contributed by atoms with Crippen LogP contribution < -0.4 is 5.32 Å². The van der Waals surface area contributed by atoms with Crippen LogP contribution >= 0.6 is 0 Å². The number of nitrogens with one attached hydrogen (secondary N) is 1. The van der Waals surface area contributed by atoms with E-state index in [0.717, 1.165) is 4.90 Å². The van der Waals surface area contributed by atoms with Gasteiger partial charge in [-0.15, -0.1) is 0 Å². The summed E-state index contributed by atoms with van der Waals surface area (Å²) in [5.74, 6) is -0.477. The minimum atomic E-state index is -2.43. The molecule has 1 aliphatic rings. The lowest BCUT2D eigenvalue weighted by molar-refractivity contribution is -0.115. The monoisotopic (exact) mass is 269 g/mol. The van der Waals surface area contributed by atoms with Gasteiger partial charge in [-0.05, 0) is 49.4 Å². The number of hydrogen-bond donors (Lipinski definition) is 1. The van der Waals surface area contributed by atoms with Crippen LogP contribution in [0.25, 0.3) is 0 Å². The van der Waals surface area contributed by atoms with Gasteiger partial charge in [0.15, 0.2) is 0 Å². The first-order valence-electron chi connectivity index (χ1n) is 10.9. The average Bonchev–Trinajstić information content (AvgIpc) is 2.98. The summed E-state index contributed by atoms with van der Waals surface area (Å²) in [7, 11) is 0. The summed E-state index contributed by atoms with van der Waals surface area (Å²) >= 11 is 0. The van der Waals surface area contributed by atoms with Gasteiger partial charge in [0.1, 0.15) is 0 Å². The van der Waals surface area contributed by atoms with Crippen molar-refractivity contribution < 1.29 is 17.1 Å². The fourth-order valence-corrected chi connectivity index (χ4v) is 1.92. The van der Waals surface area contributed by atoms with Crippen LogP contribution in [0.3, 0.4) is 0 Å². The maximum atomic E-state index is 11.8. The van der Waals surface area contributed by atoms with Crippen LogP contribution in [0.1, 0.15) is 50.2 Å². The molecule has 0 saturated carbocycles. The van der Waals surface area contributed by atoms with E-state index in [1.54, 1.807) is 0 Å². The van der Waals surface area contributed by atoms with Crippen LogP contribution in [-0.2, 0) is 17.6 Å². The lowest BCUT2D eigenvalue weighted by atomic mass is 10.0. The van der Waals surface area contributed by atoms with Crippen molar-refractivity contribution in [3.8, 4) is 0 Å². The van der Waals surface area contributed by atoms with Gasteiger partial charge in [0.05, 0.1) is 10.5 Å². The molecule has 0 aliphatic carbocycles. The van der Waals surface area contributed by atoms with Gasteiger partial charge < -0.3 is 10.2 Å². The summed E-state index contributed by atoms with van der Waals surface area (Å²) in [4.78, 5) is 12.6. The molecule has 1 aromatic rings. The molecule has 0 atom stereocenters. The smallest absolute Gasteiger partial charge is 0.228 e. The Morgan fingerprint density at radius 3 is 2.79 bits per heavy atom. The summed E-state index contributed by atoms with van der Waals surface area (Å²) < 4.78 is 73.8. The first kappa shape index (κ1) is 6.40. The molecule has 1 N–H and O–H groups in total. The first-order chi connectivity index (χ1) is 12.7. The van der Waals surface area contributed by atoms with Crippen LogP contribution in [0, 0.1) is 0 Å². The van der Waals surface area contributed by atoms with E-state index in [9.17, 15) is 4.79 Å². The zero-order valence-electron chi connectivity index (χ0n) is 20.2. The average molecular weight is 269 g/mol. The predicted octanol–water partition coefficient (Wildman–Crippen LogP) is 2.85. The van der Waals surface area contributed by atoms with Gasteiger partial charge >= 0.3 is 0 Å². The molecule has 2 rings (SSSR count). The van der Waals surface area contributed by atoms with Crippen LogP contribution in [0.5, 0.6) is 0 Å². The number of rotatable bonds is 7. The molecule has 0 unspecified atom stereocenters. The minimum Gasteiger partial charge on any atom is -0.326 e. The topological polar surface area (TPSA) is 32.3 Å². The van der Waals surface area contributed by atoms with Crippen LogP contribution in [-0.4, -0.2) is 30.3 Å². The fourth-order valence-electron chi connectivity index (χ4n) is 1.92. The molecule has 0 bridgehead atoms. The van der Waals surface area contributed by atoms with Crippen LogP contribution in [0.4, 0.5) is 5.69 Å². The number of carbonyl (C=O) groups excluding carboxylic acids is 1. The molecule has 0 radical (unpaired) electrons. The van der Waals surface area contributed by atoms with Crippen molar-refractivity contribution in [1.29, 1.82) is 0 Å². The van der Waals surface area contributed by atoms with Gasteiger partial charge in [0.25, 0.3) is 0 Å². The molecule has 0 spiro atoms. The van der Waals surface area contributed by atoms with Crippen molar-refractivity contribution in [3.63, 3.8) is 0 Å². The lowest BCUT2D eigenvalue weighted by Gasteiger charge is -2.21. The largest absolute Gasteiger partial charge is 0.326 e. The lowest BCUT2D eigenvalue weighted by Crippen LogP contribution is -2.28. The summed E-state index contributed by atoms with van der Waals surface area (Å²) in [6.07, 6.45) is -2.83. The van der Waals surface area contributed by atoms with Crippen molar-refractivity contribution in [2.75, 3.05) is 24.9 Å². The Morgan fingerprint density at radius 1 is 1.37 bits per heavy atom. The van der Waals surface area contributed by atoms with Gasteiger partial charge in [-0.1, -0.05) is 25.9 Å². The summed E-state index contributed by atoms with van der Waals surface area (Å²) in [5.41, 5.74) is -0.172. The molecule has 1 amide bonds. The van der Waals surface area contributed by atoms with Crippen LogP contribution in [0.2, 0.25) is 0 Å². The zero-order chi connectivity index (χ0) is 21.7. The van der Waals surface area contributed by atoms with Crippen molar-refractivity contribution in [2.45, 2.75) is 39.5 Å². The van der Waals surface area contributed by atoms with Gasteiger partial charge in [-0.3, -0.25) is 4.79 Å². The maximum Gasteiger partial charge on any atom is 0.228 e. The van der Waals surface area contributed by atoms with E-state index in [1.165, 1.54) is 13.8 Å². The second-order valence-electron chi connectivity index (χ2n) is 4.11. The Hall–Kier alpha value is -1.35. The molecular formula is C16H24N2O. The Morgan fingerprint density at radius 2 is 2.11 bits per heavy atom. The van der Waals surface area contributed by atoms with E-state index in [2.05, 4.69) is 5.32 Å². The molecule has 3 nitrogen and oxygen atoms in total. The maximum absolute atomic E-state index is 11.8. The molecule has 3 heteroatoms. The molecule has 1 aliphatic heterocycles. The summed E-state index contributed by atoms with van der Waals surface area (Å²) in [6.45, 7) is -1.95. The third kappa shape index (κ3) is 3.57. The number of benzene rings is 1. The van der Waals surface area contributed by atoms with Gasteiger partial charge in [-0.2, -0.15) is 0 Å². The Balaban J connectivity index is 2.63. The SMILES string of the molecule is [2H]c1c([2H])c2c(c(C([2H])([2H])CN(C([2H])([2H])CC)C([2H])([2H])CC)c1[2H])CC(=O)N2. The van der Waals surface area contributed by atoms with E-state index in [1.807, 2.05) is 0 Å². The van der Waals surface area contributed by atoms with E-state index in [4.69, 9.17) is 12.3 Å². The number of carbonyl (C=O) groups is 1. The molecule has 19 heavy (non-hydrogen) atoms. The highest BCUT2D eigenvalue weighted by molar-refractivity contribution is 5.99. The molecule has 104 valence electrons. The number of anilines is 1. The van der Waals surface area contributed by atoms with E-state index >= 15 is 0 Å². The first-order valence-corrected chi connectivity index (χ1v) is 6.40. The Bertz CT molecular complexity index is 779. The number of nitrogens with zero attached hydrogens (tertiary/aromatic N) is 1. The molecular weight excluding hydrogens is 236 g/mol. The molecule has 1 heterocycles. The van der Waals surface area contributed by atoms with E-state index < -0.39 is 43.9 Å². The Kier molecular flexibility index (Phi) is 2.26. The summed E-state index contributed by atoms with van der Waals surface area (Å²) in [6, 6.07) is -1.45. The molecule has 0 fully saturated rings. The van der Waals surface area contributed by atoms with Crippen molar-refractivity contribution in [3.05, 3.63) is 29.3 Å². The second kappa shape index (κ2) is 6.71. The van der Waals surface area contributed by atoms with Gasteiger partial charge in [0.2, 0.25) is 5.91 Å². The molecule has 0 aromatic heterocycles. The van der Waals surface area contributed by atoms with Gasteiger partial charge in [-0.25, -0.2) is 0 Å². The van der Waals surface area contributed by atoms with Gasteiger partial charge in [0, 0.05) is 20.5 Å². The second-order valence-corrected chi connectivity index (χ2v) is 4.11. The number of amides is 1. The minimum absolute atomic E-state index is 0.00608. The van der Waals surface area contributed by atoms with Crippen molar-refractivity contribution in [1.82, 2.24) is 4.90 Å². The van der Waals surface area contributed by atoms with E-state index in [0.29, 0.717) is 0 Å². The normalized spacial score (nSPS) is 22.9. The predicted molar refractivity (Wildman–Crippen MR) is 79.5 cm³/mol. The quantitative estimate of drug-likeness (QED) is 0.825. The molecule has 1 aromatic carbocycles. The van der Waals surface area contributed by atoms with Crippen molar-refractivity contribution >= 4 is 11.6 Å². The number of hydrogen-bond acceptors (Lipinski definition) is 2. The standard InChI is InChI=1S/C16H24N2O/c1-3-9-18(10-4-2)11-8-13-6-5-7-15-14(13)12-16(19)17-15/h5-7H,3-4,8-12H2,1-2H3,(H,17,19)/i5D,6D,7D,8D2,9D2,10D2. The number of fused-ring (bicyclic) bond motifs is 1. The highest BCUT2D eigenvalue weighted by atomic mass is 16.1. The highest BCUT2D eigenvalue weighted by Crippen LogP contribution is 2.26. The zero-order valence-corrected chi connectivity index (χ0v) is 11.2. The third-order valence-corrected chi connectivity index (χ3v) is 2.69. The Labute approximate surface area is 128 Å². The highest BCUT2D eigenvalue weighted by Gasteiger charge is 2.20. The van der Waals surface area contributed by atoms with Crippen LogP contribution in [0.15, 0.2) is 18.1 Å². The third-order valence-electron chi connectivity index (χ3n) is 2.69.